The molecule has 0 aromatic heterocycles. The molecule has 0 heterocycles. The molecule has 0 atom stereocenters. The Morgan fingerprint density at radius 2 is 1.88 bits per heavy atom. The van der Waals surface area contributed by atoms with E-state index in [-0.39, 0.29) is 11.6 Å². The Balaban J connectivity index is 2.90. The van der Waals surface area contributed by atoms with Crippen molar-refractivity contribution in [2.75, 3.05) is 5.88 Å². The number of benzene rings is 1. The standard InChI is InChI=1S/C11H11Cl2F3O/c12-5-1-2-8-3-4-9(7-13)10(6-8)17-11(14,15)16/h3-4,6H,1-2,5,7H2. The zero-order valence-corrected chi connectivity index (χ0v) is 10.4. The van der Waals surface area contributed by atoms with Crippen LogP contribution in [-0.4, -0.2) is 12.2 Å². The Labute approximate surface area is 107 Å². The van der Waals surface area contributed by atoms with Gasteiger partial charge in [0.15, 0.2) is 0 Å². The van der Waals surface area contributed by atoms with Crippen molar-refractivity contribution in [2.45, 2.75) is 25.1 Å². The average Bonchev–Trinajstić information content (AvgIpc) is 2.24. The van der Waals surface area contributed by atoms with Gasteiger partial charge in [0.1, 0.15) is 5.75 Å². The van der Waals surface area contributed by atoms with Crippen LogP contribution in [0.25, 0.3) is 0 Å². The van der Waals surface area contributed by atoms with Gasteiger partial charge in [0, 0.05) is 11.4 Å². The summed E-state index contributed by atoms with van der Waals surface area (Å²) in [7, 11) is 0. The van der Waals surface area contributed by atoms with Crippen LogP contribution in [0.15, 0.2) is 18.2 Å². The maximum absolute atomic E-state index is 12.2. The zero-order valence-electron chi connectivity index (χ0n) is 8.86. The maximum atomic E-state index is 12.2. The minimum atomic E-state index is -4.70. The van der Waals surface area contributed by atoms with Crippen LogP contribution >= 0.6 is 23.2 Å². The van der Waals surface area contributed by atoms with E-state index in [4.69, 9.17) is 23.2 Å². The van der Waals surface area contributed by atoms with Crippen LogP contribution in [0.1, 0.15) is 17.5 Å². The molecule has 0 aliphatic carbocycles. The van der Waals surface area contributed by atoms with Gasteiger partial charge >= 0.3 is 6.36 Å². The van der Waals surface area contributed by atoms with Crippen LogP contribution in [-0.2, 0) is 12.3 Å². The number of hydrogen-bond acceptors (Lipinski definition) is 1. The quantitative estimate of drug-likeness (QED) is 0.725. The first-order chi connectivity index (χ1) is 7.96. The van der Waals surface area contributed by atoms with Crippen molar-refractivity contribution in [1.82, 2.24) is 0 Å². The first-order valence-electron chi connectivity index (χ1n) is 4.95. The summed E-state index contributed by atoms with van der Waals surface area (Å²) in [6, 6.07) is 4.63. The molecule has 0 unspecified atom stereocenters. The van der Waals surface area contributed by atoms with E-state index in [1.807, 2.05) is 0 Å². The number of ether oxygens (including phenoxy) is 1. The van der Waals surface area contributed by atoms with Crippen molar-refractivity contribution in [3.8, 4) is 5.75 Å². The van der Waals surface area contributed by atoms with Crippen molar-refractivity contribution >= 4 is 23.2 Å². The Kier molecular flexibility index (Phi) is 5.40. The van der Waals surface area contributed by atoms with E-state index in [9.17, 15) is 13.2 Å². The van der Waals surface area contributed by atoms with Gasteiger partial charge < -0.3 is 4.74 Å². The van der Waals surface area contributed by atoms with Crippen LogP contribution < -0.4 is 4.74 Å². The monoisotopic (exact) mass is 286 g/mol. The summed E-state index contributed by atoms with van der Waals surface area (Å²) >= 11 is 11.1. The minimum Gasteiger partial charge on any atom is -0.405 e. The van der Waals surface area contributed by atoms with Crippen molar-refractivity contribution < 1.29 is 17.9 Å². The molecule has 1 aromatic rings. The van der Waals surface area contributed by atoms with Gasteiger partial charge in [-0.25, -0.2) is 0 Å². The van der Waals surface area contributed by atoms with Crippen LogP contribution in [0.4, 0.5) is 13.2 Å². The molecule has 1 nitrogen and oxygen atoms in total. The van der Waals surface area contributed by atoms with Crippen molar-refractivity contribution in [1.29, 1.82) is 0 Å². The Hall–Kier alpha value is -0.610. The molecular formula is C11H11Cl2F3O. The molecule has 0 amide bonds. The minimum absolute atomic E-state index is 0.0266. The molecule has 1 rings (SSSR count). The number of aryl methyl sites for hydroxylation is 1. The van der Waals surface area contributed by atoms with Gasteiger partial charge in [0.05, 0.1) is 5.88 Å². The lowest BCUT2D eigenvalue weighted by atomic mass is 10.1. The fourth-order valence-electron chi connectivity index (χ4n) is 1.36. The van der Waals surface area contributed by atoms with E-state index in [2.05, 4.69) is 4.74 Å². The third-order valence-corrected chi connectivity index (χ3v) is 2.66. The molecule has 17 heavy (non-hydrogen) atoms. The number of alkyl halides is 5. The summed E-state index contributed by atoms with van der Waals surface area (Å²) in [6.45, 7) is 0. The molecule has 6 heteroatoms. The van der Waals surface area contributed by atoms with E-state index in [1.165, 1.54) is 12.1 Å². The normalized spacial score (nSPS) is 11.6. The predicted octanol–water partition coefficient (Wildman–Crippen LogP) is 4.50. The highest BCUT2D eigenvalue weighted by molar-refractivity contribution is 6.17. The van der Waals surface area contributed by atoms with Crippen molar-refractivity contribution in [2.24, 2.45) is 0 Å². The van der Waals surface area contributed by atoms with Crippen molar-refractivity contribution in [3.05, 3.63) is 29.3 Å². The van der Waals surface area contributed by atoms with E-state index in [0.29, 0.717) is 24.3 Å². The molecule has 0 aliphatic rings. The molecule has 0 N–H and O–H groups in total. The van der Waals surface area contributed by atoms with E-state index in [0.717, 1.165) is 5.56 Å². The van der Waals surface area contributed by atoms with Gasteiger partial charge in [-0.3, -0.25) is 0 Å². The van der Waals surface area contributed by atoms with Gasteiger partial charge in [-0.2, -0.15) is 0 Å². The first-order valence-corrected chi connectivity index (χ1v) is 6.02. The molecule has 1 aromatic carbocycles. The fourth-order valence-corrected chi connectivity index (χ4v) is 1.71. The van der Waals surface area contributed by atoms with Gasteiger partial charge in [-0.05, 0) is 24.5 Å². The Bertz CT molecular complexity index is 366. The zero-order chi connectivity index (χ0) is 12.9. The van der Waals surface area contributed by atoms with E-state index in [1.54, 1.807) is 6.07 Å². The molecule has 96 valence electrons. The van der Waals surface area contributed by atoms with Crippen LogP contribution in [0, 0.1) is 0 Å². The third kappa shape index (κ3) is 5.04. The lowest BCUT2D eigenvalue weighted by Gasteiger charge is -2.13. The number of halogens is 5. The lowest BCUT2D eigenvalue weighted by molar-refractivity contribution is -0.274. The molecule has 0 radical (unpaired) electrons. The van der Waals surface area contributed by atoms with Crippen molar-refractivity contribution in [3.63, 3.8) is 0 Å². The highest BCUT2D eigenvalue weighted by Gasteiger charge is 2.32. The van der Waals surface area contributed by atoms with Gasteiger partial charge in [0.25, 0.3) is 0 Å². The summed E-state index contributed by atoms with van der Waals surface area (Å²) in [5.41, 5.74) is 1.07. The molecule has 0 saturated heterocycles. The summed E-state index contributed by atoms with van der Waals surface area (Å²) < 4.78 is 40.4. The van der Waals surface area contributed by atoms with Gasteiger partial charge in [-0.15, -0.1) is 36.4 Å². The first kappa shape index (κ1) is 14.5. The second-order valence-corrected chi connectivity index (χ2v) is 4.06. The second-order valence-electron chi connectivity index (χ2n) is 3.42. The highest BCUT2D eigenvalue weighted by atomic mass is 35.5. The number of hydrogen-bond donors (Lipinski definition) is 0. The third-order valence-electron chi connectivity index (χ3n) is 2.10. The molecule has 0 saturated carbocycles. The second kappa shape index (κ2) is 6.36. The predicted molar refractivity (Wildman–Crippen MR) is 61.7 cm³/mol. The Morgan fingerprint density at radius 1 is 1.18 bits per heavy atom. The summed E-state index contributed by atoms with van der Waals surface area (Å²) in [5, 5.41) is 0. The lowest BCUT2D eigenvalue weighted by Crippen LogP contribution is -2.18. The van der Waals surface area contributed by atoms with Gasteiger partial charge in [0.2, 0.25) is 0 Å². The van der Waals surface area contributed by atoms with E-state index < -0.39 is 6.36 Å². The fraction of sp³-hybridized carbons (Fsp3) is 0.455. The average molecular weight is 287 g/mol. The van der Waals surface area contributed by atoms with Crippen LogP contribution in [0.3, 0.4) is 0 Å². The summed E-state index contributed by atoms with van der Waals surface area (Å²) in [5.74, 6) is 0.202. The molecular weight excluding hydrogens is 276 g/mol. The topological polar surface area (TPSA) is 9.23 Å². The van der Waals surface area contributed by atoms with Gasteiger partial charge in [-0.1, -0.05) is 12.1 Å². The molecule has 0 fully saturated rings. The molecule has 0 bridgehead atoms. The van der Waals surface area contributed by atoms with E-state index >= 15 is 0 Å². The Morgan fingerprint density at radius 3 is 2.41 bits per heavy atom. The number of rotatable bonds is 5. The van der Waals surface area contributed by atoms with Crippen LogP contribution in [0.5, 0.6) is 5.75 Å². The summed E-state index contributed by atoms with van der Waals surface area (Å²) in [4.78, 5) is 0. The smallest absolute Gasteiger partial charge is 0.405 e. The molecule has 0 spiro atoms. The summed E-state index contributed by atoms with van der Waals surface area (Å²) in [6.07, 6.45) is -3.39. The maximum Gasteiger partial charge on any atom is 0.573 e. The highest BCUT2D eigenvalue weighted by Crippen LogP contribution is 2.29. The molecule has 0 aliphatic heterocycles. The SMILES string of the molecule is FC(F)(F)Oc1cc(CCCCl)ccc1CCl. The van der Waals surface area contributed by atoms with Crippen LogP contribution in [0.2, 0.25) is 0 Å². The largest absolute Gasteiger partial charge is 0.573 e.